The minimum absolute atomic E-state index is 0.0360. The van der Waals surface area contributed by atoms with Gasteiger partial charge in [0.2, 0.25) is 0 Å². The Morgan fingerprint density at radius 3 is 3.38 bits per heavy atom. The van der Waals surface area contributed by atoms with Crippen LogP contribution in [0.3, 0.4) is 0 Å². The van der Waals surface area contributed by atoms with Crippen LogP contribution in [0.4, 0.5) is 0 Å². The maximum Gasteiger partial charge on any atom is 0.122 e. The van der Waals surface area contributed by atoms with Crippen LogP contribution >= 0.6 is 0 Å². The Hall–Kier alpha value is -0.0400. The molecule has 0 saturated carbocycles. The maximum atomic E-state index is 7.86. The van der Waals surface area contributed by atoms with Crippen molar-refractivity contribution in [3.05, 3.63) is 0 Å². The first kappa shape index (κ1) is 1.34. The van der Waals surface area contributed by atoms with Gasteiger partial charge in [0.1, 0.15) is 1.41 Å². The summed E-state index contributed by atoms with van der Waals surface area (Å²) in [5, 5.41) is 0.0360. The van der Waals surface area contributed by atoms with Gasteiger partial charge in [-0.3, -0.25) is 0 Å². The minimum atomic E-state index is -3.07. The highest BCUT2D eigenvalue weighted by Gasteiger charge is 2.14. The van der Waals surface area contributed by atoms with E-state index in [4.69, 9.17) is 12.4 Å². The van der Waals surface area contributed by atoms with Crippen molar-refractivity contribution in [2.75, 3.05) is 6.50 Å². The summed E-state index contributed by atoms with van der Waals surface area (Å²) < 4.78 is 68.6. The lowest BCUT2D eigenvalue weighted by Gasteiger charge is -2.26. The third kappa shape index (κ3) is 1.22. The Labute approximate surface area is 64.2 Å². The van der Waals surface area contributed by atoms with E-state index in [1.807, 2.05) is 0 Å². The van der Waals surface area contributed by atoms with Crippen molar-refractivity contribution in [3.8, 4) is 0 Å². The highest BCUT2D eigenvalue weighted by Crippen LogP contribution is 2.13. The summed E-state index contributed by atoms with van der Waals surface area (Å²) in [4.78, 5) is 0. The average Bonchev–Trinajstić information content (AvgIpc) is 2.13. The summed E-state index contributed by atoms with van der Waals surface area (Å²) in [6.07, 6.45) is -5.98. The van der Waals surface area contributed by atoms with Gasteiger partial charge in [0.25, 0.3) is 0 Å². The van der Waals surface area contributed by atoms with E-state index >= 15 is 0 Å². The highest BCUT2D eigenvalue weighted by molar-refractivity contribution is 4.73. The predicted octanol–water partition coefficient (Wildman–Crippen LogP) is 1.39. The molecule has 48 valence electrons. The standard InChI is InChI=1S/C7H15N/c1-6-4-3-5-8-7(6)2/h6-8H,3-5H2,1-2H3/i3D2,4D2,5D2,6D,7D/hD. The molecule has 1 heterocycles. The predicted molar refractivity (Wildman–Crippen MR) is 35.9 cm³/mol. The minimum Gasteiger partial charge on any atom is -0.314 e. The zero-order valence-electron chi connectivity index (χ0n) is 13.9. The summed E-state index contributed by atoms with van der Waals surface area (Å²) in [6, 6.07) is -2.22. The number of piperidine rings is 1. The van der Waals surface area contributed by atoms with E-state index in [0.29, 0.717) is 0 Å². The van der Waals surface area contributed by atoms with Gasteiger partial charge >= 0.3 is 0 Å². The Morgan fingerprint density at radius 1 is 1.88 bits per heavy atom. The molecule has 0 aromatic heterocycles. The van der Waals surface area contributed by atoms with E-state index in [2.05, 4.69) is 0 Å². The smallest absolute Gasteiger partial charge is 0.122 e. The molecule has 1 nitrogen and oxygen atoms in total. The molecule has 1 N–H and O–H groups in total. The zero-order chi connectivity index (χ0) is 14.1. The van der Waals surface area contributed by atoms with Crippen molar-refractivity contribution in [1.29, 1.82) is 0 Å². The summed E-state index contributed by atoms with van der Waals surface area (Å²) in [5.74, 6) is -2.29. The molecule has 0 aromatic rings. The van der Waals surface area contributed by atoms with Crippen LogP contribution in [0.25, 0.3) is 0 Å². The van der Waals surface area contributed by atoms with E-state index in [1.165, 1.54) is 0 Å². The molecule has 0 bridgehead atoms. The Balaban J connectivity index is 3.56. The van der Waals surface area contributed by atoms with Crippen molar-refractivity contribution in [2.45, 2.75) is 32.6 Å². The van der Waals surface area contributed by atoms with E-state index < -0.39 is 31.2 Å². The van der Waals surface area contributed by atoms with Crippen LogP contribution in [0.1, 0.15) is 37.6 Å². The number of rotatable bonds is 0. The van der Waals surface area contributed by atoms with Gasteiger partial charge in [-0.1, -0.05) is 6.92 Å². The van der Waals surface area contributed by atoms with E-state index in [1.54, 1.807) is 0 Å². The normalized spacial score (nSPS) is 96.0. The Bertz CT molecular complexity index is 304. The molecule has 0 amide bonds. The van der Waals surface area contributed by atoms with Crippen LogP contribution in [-0.4, -0.2) is 12.5 Å². The largest absolute Gasteiger partial charge is 0.314 e. The van der Waals surface area contributed by atoms with Crippen molar-refractivity contribution >= 4 is 0 Å². The van der Waals surface area contributed by atoms with Gasteiger partial charge in [-0.15, -0.1) is 0 Å². The highest BCUT2D eigenvalue weighted by atomic mass is 14.9. The second-order valence-electron chi connectivity index (χ2n) is 1.68. The van der Waals surface area contributed by atoms with Crippen LogP contribution in [0, 0.1) is 5.89 Å². The van der Waals surface area contributed by atoms with Crippen LogP contribution in [0.2, 0.25) is 1.41 Å². The van der Waals surface area contributed by atoms with Gasteiger partial charge in [-0.2, -0.15) is 0 Å². The maximum absolute atomic E-state index is 7.86. The number of nitrogens with one attached hydrogen (secondary N) is 1. The fourth-order valence-electron chi connectivity index (χ4n) is 0.408. The molecule has 0 aromatic carbocycles. The van der Waals surface area contributed by atoms with Gasteiger partial charge in [-0.25, -0.2) is 0 Å². The zero-order valence-corrected chi connectivity index (χ0v) is 4.95. The topological polar surface area (TPSA) is 12.0 Å². The lowest BCUT2D eigenvalue weighted by Crippen LogP contribution is -2.37. The van der Waals surface area contributed by atoms with Crippen LogP contribution in [0.5, 0.6) is 0 Å². The molecule has 0 radical (unpaired) electrons. The first-order valence-corrected chi connectivity index (χ1v) is 2.45. The Morgan fingerprint density at radius 2 is 2.62 bits per heavy atom. The molecule has 2 unspecified atom stereocenters. The van der Waals surface area contributed by atoms with Gasteiger partial charge < -0.3 is 5.31 Å². The van der Waals surface area contributed by atoms with Crippen molar-refractivity contribution in [2.24, 2.45) is 5.89 Å². The van der Waals surface area contributed by atoms with Gasteiger partial charge in [0, 0.05) is 17.0 Å². The van der Waals surface area contributed by atoms with E-state index in [9.17, 15) is 0 Å². The van der Waals surface area contributed by atoms with Crippen molar-refractivity contribution in [3.63, 3.8) is 0 Å². The molecular weight excluding hydrogens is 98.1 g/mol. The van der Waals surface area contributed by atoms with Crippen molar-refractivity contribution in [1.82, 2.24) is 5.31 Å². The first-order valence-electron chi connectivity index (χ1n) is 6.89. The molecule has 1 heteroatoms. The third-order valence-corrected chi connectivity index (χ3v) is 1.07. The van der Waals surface area contributed by atoms with Crippen molar-refractivity contribution < 1.29 is 12.4 Å². The van der Waals surface area contributed by atoms with Gasteiger partial charge in [0.05, 0.1) is 0 Å². The molecule has 8 heavy (non-hydrogen) atoms. The molecule has 0 spiro atoms. The fourth-order valence-corrected chi connectivity index (χ4v) is 0.408. The van der Waals surface area contributed by atoms with E-state index in [0.717, 1.165) is 13.8 Å². The number of hydrogen-bond acceptors (Lipinski definition) is 1. The van der Waals surface area contributed by atoms with Crippen LogP contribution < -0.4 is 5.31 Å². The van der Waals surface area contributed by atoms with E-state index in [-0.39, 0.29) is 5.31 Å². The monoisotopic (exact) mass is 122 g/mol. The Kier molecular flexibility index (Phi) is 0.418. The molecule has 1 fully saturated rings. The summed E-state index contributed by atoms with van der Waals surface area (Å²) >= 11 is 0. The molecule has 2 atom stereocenters. The summed E-state index contributed by atoms with van der Waals surface area (Å²) in [6.45, 7) is -0.944. The number of hydrogen-bond donors (Lipinski definition) is 1. The molecule has 0 aliphatic carbocycles. The third-order valence-electron chi connectivity index (χ3n) is 1.07. The van der Waals surface area contributed by atoms with Gasteiger partial charge in [-0.05, 0) is 32.1 Å². The molecule has 1 saturated heterocycles. The summed E-state index contributed by atoms with van der Waals surface area (Å²) in [5.41, 5.74) is 0. The van der Waals surface area contributed by atoms with Crippen LogP contribution in [-0.2, 0) is 0 Å². The second-order valence-corrected chi connectivity index (χ2v) is 1.68. The first-order chi connectivity index (χ1) is 7.15. The molecule has 1 rings (SSSR count). The SMILES string of the molecule is [2H]N1C([2H])([2H])C([2H])([2H])C([2H])([2H])C([2H])(C)C1([2H])C. The quantitative estimate of drug-likeness (QED) is 0.512. The molecule has 1 aliphatic rings. The lowest BCUT2D eigenvalue weighted by molar-refractivity contribution is 0.319. The molecular formula is C7H15N. The molecule has 1 aliphatic heterocycles. The van der Waals surface area contributed by atoms with Gasteiger partial charge in [0.15, 0.2) is 0 Å². The lowest BCUT2D eigenvalue weighted by atomic mass is 9.94. The average molecular weight is 122 g/mol. The second kappa shape index (κ2) is 2.49. The summed E-state index contributed by atoms with van der Waals surface area (Å²) in [7, 11) is 0. The fraction of sp³-hybridized carbons (Fsp3) is 1.00. The van der Waals surface area contributed by atoms with Crippen LogP contribution in [0.15, 0.2) is 0 Å².